The maximum absolute atomic E-state index is 12.3. The van der Waals surface area contributed by atoms with Crippen LogP contribution in [0.15, 0.2) is 30.3 Å². The van der Waals surface area contributed by atoms with Gasteiger partial charge in [0.25, 0.3) is 0 Å². The number of nitrogens with one attached hydrogen (secondary N) is 1. The van der Waals surface area contributed by atoms with Crippen molar-refractivity contribution in [2.24, 2.45) is 0 Å². The van der Waals surface area contributed by atoms with E-state index in [-0.39, 0.29) is 12.1 Å². The van der Waals surface area contributed by atoms with Crippen LogP contribution in [-0.4, -0.2) is 35.1 Å². The summed E-state index contributed by atoms with van der Waals surface area (Å²) in [4.78, 5) is 25.3. The Morgan fingerprint density at radius 3 is 2.38 bits per heavy atom. The smallest absolute Gasteiger partial charge is 0.330 e. The van der Waals surface area contributed by atoms with Crippen LogP contribution < -0.4 is 5.32 Å². The average molecular weight is 290 g/mol. The van der Waals surface area contributed by atoms with E-state index in [4.69, 9.17) is 0 Å². The Morgan fingerprint density at radius 2 is 1.81 bits per heavy atom. The Kier molecular flexibility index (Phi) is 5.20. The summed E-state index contributed by atoms with van der Waals surface area (Å²) in [6.07, 6.45) is 5.46. The number of hydrogen-bond acceptors (Lipinski definition) is 2. The van der Waals surface area contributed by atoms with Gasteiger partial charge in [0.1, 0.15) is 0 Å². The Morgan fingerprint density at radius 1 is 1.19 bits per heavy atom. The van der Waals surface area contributed by atoms with E-state index >= 15 is 0 Å². The summed E-state index contributed by atoms with van der Waals surface area (Å²) in [6, 6.07) is 7.65. The Balaban J connectivity index is 2.03. The highest BCUT2D eigenvalue weighted by atomic mass is 16.4. The molecule has 0 saturated heterocycles. The van der Waals surface area contributed by atoms with Gasteiger partial charge in [-0.3, -0.25) is 0 Å². The molecule has 1 atom stereocenters. The minimum Gasteiger partial charge on any atom is -0.479 e. The van der Waals surface area contributed by atoms with Crippen molar-refractivity contribution in [3.8, 4) is 0 Å². The van der Waals surface area contributed by atoms with Crippen molar-refractivity contribution in [2.45, 2.75) is 44.2 Å². The van der Waals surface area contributed by atoms with Crippen LogP contribution in [-0.2, 0) is 4.79 Å². The lowest BCUT2D eigenvalue weighted by Gasteiger charge is -2.32. The summed E-state index contributed by atoms with van der Waals surface area (Å²) >= 11 is 0. The number of benzene rings is 1. The summed E-state index contributed by atoms with van der Waals surface area (Å²) < 4.78 is 0. The molecule has 1 aliphatic rings. The van der Waals surface area contributed by atoms with Crippen molar-refractivity contribution in [3.63, 3.8) is 0 Å². The third-order valence-electron chi connectivity index (χ3n) is 4.09. The van der Waals surface area contributed by atoms with E-state index < -0.39 is 12.0 Å². The number of carboxylic acids is 1. The summed E-state index contributed by atoms with van der Waals surface area (Å²) in [6.45, 7) is 0. The van der Waals surface area contributed by atoms with Gasteiger partial charge >= 0.3 is 12.0 Å². The minimum atomic E-state index is -1.05. The molecule has 2 amide bonds. The Hall–Kier alpha value is -2.04. The minimum absolute atomic E-state index is 0.212. The lowest BCUT2D eigenvalue weighted by molar-refractivity contribution is -0.139. The van der Waals surface area contributed by atoms with Gasteiger partial charge in [-0.25, -0.2) is 9.59 Å². The van der Waals surface area contributed by atoms with Crippen LogP contribution in [0.2, 0.25) is 0 Å². The number of urea groups is 1. The van der Waals surface area contributed by atoms with Crippen LogP contribution in [0.3, 0.4) is 0 Å². The number of carboxylic acid groups (broad SMARTS) is 1. The summed E-state index contributed by atoms with van der Waals surface area (Å²) in [5.41, 5.74) is 0.579. The lowest BCUT2D eigenvalue weighted by atomic mass is 9.95. The van der Waals surface area contributed by atoms with Gasteiger partial charge in [0.05, 0.1) is 0 Å². The molecule has 0 radical (unpaired) electrons. The fraction of sp³-hybridized carbons (Fsp3) is 0.500. The quantitative estimate of drug-likeness (QED) is 0.896. The van der Waals surface area contributed by atoms with Crippen LogP contribution in [0.4, 0.5) is 4.79 Å². The van der Waals surface area contributed by atoms with Gasteiger partial charge in [-0.05, 0) is 18.4 Å². The lowest BCUT2D eigenvalue weighted by Crippen LogP contribution is -2.46. The van der Waals surface area contributed by atoms with E-state index in [9.17, 15) is 14.7 Å². The second-order valence-corrected chi connectivity index (χ2v) is 5.53. The van der Waals surface area contributed by atoms with Crippen molar-refractivity contribution in [3.05, 3.63) is 35.9 Å². The van der Waals surface area contributed by atoms with Crippen LogP contribution in [0, 0.1) is 0 Å². The monoisotopic (exact) mass is 290 g/mol. The highest BCUT2D eigenvalue weighted by Crippen LogP contribution is 2.22. The SMILES string of the molecule is CN(C(=O)N[C@@H](C(=O)O)c1ccccc1)C1CCCCC1. The van der Waals surface area contributed by atoms with E-state index in [1.165, 1.54) is 6.42 Å². The molecule has 114 valence electrons. The molecule has 5 heteroatoms. The normalized spacial score (nSPS) is 17.0. The van der Waals surface area contributed by atoms with Gasteiger partial charge in [0.15, 0.2) is 6.04 Å². The number of aliphatic carboxylic acids is 1. The van der Waals surface area contributed by atoms with Gasteiger partial charge in [-0.1, -0.05) is 49.6 Å². The summed E-state index contributed by atoms with van der Waals surface area (Å²) in [5, 5.41) is 12.0. The highest BCUT2D eigenvalue weighted by molar-refractivity contribution is 5.83. The molecule has 1 fully saturated rings. The Bertz CT molecular complexity index is 484. The molecule has 1 aromatic rings. The molecule has 0 unspecified atom stereocenters. The first-order valence-corrected chi connectivity index (χ1v) is 7.40. The average Bonchev–Trinajstić information content (AvgIpc) is 2.53. The number of carbonyl (C=O) groups excluding carboxylic acids is 1. The van der Waals surface area contributed by atoms with E-state index in [0.29, 0.717) is 5.56 Å². The fourth-order valence-corrected chi connectivity index (χ4v) is 2.79. The number of rotatable bonds is 4. The first-order valence-electron chi connectivity index (χ1n) is 7.40. The molecule has 1 aliphatic carbocycles. The van der Waals surface area contributed by atoms with Crippen molar-refractivity contribution in [1.29, 1.82) is 0 Å². The highest BCUT2D eigenvalue weighted by Gasteiger charge is 2.27. The molecule has 21 heavy (non-hydrogen) atoms. The van der Waals surface area contributed by atoms with E-state index in [2.05, 4.69) is 5.32 Å². The maximum atomic E-state index is 12.3. The zero-order valence-corrected chi connectivity index (χ0v) is 12.3. The molecule has 0 bridgehead atoms. The molecule has 2 N–H and O–H groups in total. The third-order valence-corrected chi connectivity index (χ3v) is 4.09. The van der Waals surface area contributed by atoms with Gasteiger partial charge in [0, 0.05) is 13.1 Å². The molecule has 0 aromatic heterocycles. The predicted molar refractivity (Wildman–Crippen MR) is 80.0 cm³/mol. The number of carbonyl (C=O) groups is 2. The topological polar surface area (TPSA) is 69.6 Å². The van der Waals surface area contributed by atoms with Crippen LogP contribution in [0.25, 0.3) is 0 Å². The third kappa shape index (κ3) is 3.97. The zero-order chi connectivity index (χ0) is 15.2. The fourth-order valence-electron chi connectivity index (χ4n) is 2.79. The largest absolute Gasteiger partial charge is 0.479 e. The van der Waals surface area contributed by atoms with Gasteiger partial charge in [-0.2, -0.15) is 0 Å². The molecule has 1 saturated carbocycles. The second-order valence-electron chi connectivity index (χ2n) is 5.53. The van der Waals surface area contributed by atoms with Gasteiger partial charge in [0.2, 0.25) is 0 Å². The van der Waals surface area contributed by atoms with Gasteiger partial charge in [-0.15, -0.1) is 0 Å². The van der Waals surface area contributed by atoms with Crippen LogP contribution in [0.5, 0.6) is 0 Å². The molecule has 0 spiro atoms. The zero-order valence-electron chi connectivity index (χ0n) is 12.3. The van der Waals surface area contributed by atoms with E-state index in [1.807, 2.05) is 6.07 Å². The van der Waals surface area contributed by atoms with Crippen molar-refractivity contribution in [2.75, 3.05) is 7.05 Å². The maximum Gasteiger partial charge on any atom is 0.330 e. The first kappa shape index (κ1) is 15.4. The second kappa shape index (κ2) is 7.11. The molecular formula is C16H22N2O3. The molecule has 2 rings (SSSR count). The molecular weight excluding hydrogens is 268 g/mol. The number of amides is 2. The van der Waals surface area contributed by atoms with Crippen molar-refractivity contribution >= 4 is 12.0 Å². The van der Waals surface area contributed by atoms with E-state index in [0.717, 1.165) is 25.7 Å². The molecule has 0 aliphatic heterocycles. The van der Waals surface area contributed by atoms with Crippen LogP contribution >= 0.6 is 0 Å². The predicted octanol–water partition coefficient (Wildman–Crippen LogP) is 2.79. The summed E-state index contributed by atoms with van der Waals surface area (Å²) in [5.74, 6) is -1.05. The molecule has 0 heterocycles. The number of nitrogens with zero attached hydrogens (tertiary/aromatic N) is 1. The van der Waals surface area contributed by atoms with Crippen LogP contribution in [0.1, 0.15) is 43.7 Å². The molecule has 1 aromatic carbocycles. The van der Waals surface area contributed by atoms with Gasteiger partial charge < -0.3 is 15.3 Å². The summed E-state index contributed by atoms with van der Waals surface area (Å²) in [7, 11) is 1.75. The van der Waals surface area contributed by atoms with E-state index in [1.54, 1.807) is 36.2 Å². The Labute approximate surface area is 125 Å². The standard InChI is InChI=1S/C16H22N2O3/c1-18(13-10-6-3-7-11-13)16(21)17-14(15(19)20)12-8-4-2-5-9-12/h2,4-5,8-9,13-14H,3,6-7,10-11H2,1H3,(H,17,21)(H,19,20)/t14-/m1/s1. The first-order chi connectivity index (χ1) is 10.1. The molecule has 5 nitrogen and oxygen atoms in total. The number of hydrogen-bond donors (Lipinski definition) is 2. The van der Waals surface area contributed by atoms with Crippen molar-refractivity contribution in [1.82, 2.24) is 10.2 Å². The van der Waals surface area contributed by atoms with Crippen molar-refractivity contribution < 1.29 is 14.7 Å².